The summed E-state index contributed by atoms with van der Waals surface area (Å²) in [6.45, 7) is 0.952. The monoisotopic (exact) mass is 375 g/mol. The zero-order valence-electron chi connectivity index (χ0n) is 13.3. The van der Waals surface area contributed by atoms with Gasteiger partial charge in [-0.3, -0.25) is 0 Å². The zero-order valence-corrected chi connectivity index (χ0v) is 14.8. The maximum atomic E-state index is 12.9. The summed E-state index contributed by atoms with van der Waals surface area (Å²) in [7, 11) is 0. The lowest BCUT2D eigenvalue weighted by molar-refractivity contribution is 0.306. The first kappa shape index (κ1) is 17.6. The number of ether oxygens (including phenoxy) is 1. The summed E-state index contributed by atoms with van der Waals surface area (Å²) >= 11 is 12.3. The molecule has 3 rings (SSSR count). The van der Waals surface area contributed by atoms with Crippen LogP contribution in [0, 0.1) is 5.82 Å². The van der Waals surface area contributed by atoms with Crippen molar-refractivity contribution >= 4 is 28.9 Å². The van der Waals surface area contributed by atoms with E-state index in [0.29, 0.717) is 23.2 Å². The third-order valence-corrected chi connectivity index (χ3v) is 4.42. The van der Waals surface area contributed by atoms with Gasteiger partial charge in [0.15, 0.2) is 0 Å². The first-order valence-corrected chi connectivity index (χ1v) is 8.51. The van der Waals surface area contributed by atoms with Crippen LogP contribution in [0.15, 0.2) is 66.7 Å². The molecule has 0 bridgehead atoms. The van der Waals surface area contributed by atoms with Crippen LogP contribution in [-0.4, -0.2) is 0 Å². The average molecular weight is 376 g/mol. The standard InChI is InChI=1S/C20H16Cl2FNO/c21-19-2-1-3-20(22)18(19)13-25-17-10-4-14(5-11-17)12-24-16-8-6-15(23)7-9-16/h1-11,24H,12-13H2. The molecule has 0 fully saturated rings. The van der Waals surface area contributed by atoms with Crippen molar-refractivity contribution in [3.05, 3.63) is 93.7 Å². The Bertz CT molecular complexity index is 815. The summed E-state index contributed by atoms with van der Waals surface area (Å²) in [5.74, 6) is 0.493. The second-order valence-electron chi connectivity index (χ2n) is 5.49. The van der Waals surface area contributed by atoms with E-state index < -0.39 is 0 Å². The van der Waals surface area contributed by atoms with Crippen LogP contribution in [0.1, 0.15) is 11.1 Å². The van der Waals surface area contributed by atoms with Crippen molar-refractivity contribution < 1.29 is 9.13 Å². The van der Waals surface area contributed by atoms with Crippen LogP contribution in [0.3, 0.4) is 0 Å². The molecule has 0 saturated carbocycles. The van der Waals surface area contributed by atoms with Gasteiger partial charge in [-0.25, -0.2) is 4.39 Å². The van der Waals surface area contributed by atoms with Gasteiger partial charge in [-0.15, -0.1) is 0 Å². The van der Waals surface area contributed by atoms with Crippen LogP contribution in [0.4, 0.5) is 10.1 Å². The molecule has 0 aliphatic rings. The smallest absolute Gasteiger partial charge is 0.123 e. The Morgan fingerprint density at radius 2 is 1.48 bits per heavy atom. The molecule has 0 amide bonds. The molecule has 0 heterocycles. The van der Waals surface area contributed by atoms with Gasteiger partial charge in [-0.2, -0.15) is 0 Å². The number of halogens is 3. The number of nitrogens with one attached hydrogen (secondary N) is 1. The van der Waals surface area contributed by atoms with Crippen LogP contribution in [0.5, 0.6) is 5.75 Å². The largest absolute Gasteiger partial charge is 0.489 e. The molecule has 0 atom stereocenters. The second-order valence-corrected chi connectivity index (χ2v) is 6.31. The number of rotatable bonds is 6. The molecule has 25 heavy (non-hydrogen) atoms. The van der Waals surface area contributed by atoms with Crippen LogP contribution in [-0.2, 0) is 13.2 Å². The van der Waals surface area contributed by atoms with E-state index in [1.54, 1.807) is 30.3 Å². The predicted octanol–water partition coefficient (Wildman–Crippen LogP) is 6.32. The topological polar surface area (TPSA) is 21.3 Å². The van der Waals surface area contributed by atoms with Gasteiger partial charge < -0.3 is 10.1 Å². The molecule has 128 valence electrons. The maximum absolute atomic E-state index is 12.9. The fraction of sp³-hybridized carbons (Fsp3) is 0.100. The summed E-state index contributed by atoms with van der Waals surface area (Å²) in [5.41, 5.74) is 2.73. The Morgan fingerprint density at radius 3 is 2.12 bits per heavy atom. The number of hydrogen-bond donors (Lipinski definition) is 1. The summed E-state index contributed by atoms with van der Waals surface area (Å²) in [6, 6.07) is 19.4. The van der Waals surface area contributed by atoms with Crippen LogP contribution < -0.4 is 10.1 Å². The van der Waals surface area contributed by atoms with Crippen molar-refractivity contribution in [2.24, 2.45) is 0 Å². The average Bonchev–Trinajstić information content (AvgIpc) is 2.62. The van der Waals surface area contributed by atoms with E-state index in [0.717, 1.165) is 22.6 Å². The highest BCUT2D eigenvalue weighted by Crippen LogP contribution is 2.26. The van der Waals surface area contributed by atoms with Gasteiger partial charge in [0.25, 0.3) is 0 Å². The number of anilines is 1. The van der Waals surface area contributed by atoms with Gasteiger partial charge in [0.1, 0.15) is 18.2 Å². The summed E-state index contributed by atoms with van der Waals surface area (Å²) in [4.78, 5) is 0. The van der Waals surface area contributed by atoms with Gasteiger partial charge in [-0.05, 0) is 54.1 Å². The molecule has 0 aliphatic heterocycles. The normalized spacial score (nSPS) is 10.5. The van der Waals surface area contributed by atoms with E-state index in [1.165, 1.54) is 12.1 Å². The Kier molecular flexibility index (Phi) is 5.79. The first-order chi connectivity index (χ1) is 12.1. The van der Waals surface area contributed by atoms with E-state index in [1.807, 2.05) is 24.3 Å². The lowest BCUT2D eigenvalue weighted by Gasteiger charge is -2.11. The van der Waals surface area contributed by atoms with E-state index in [2.05, 4.69) is 5.32 Å². The van der Waals surface area contributed by atoms with Crippen LogP contribution >= 0.6 is 23.2 Å². The quantitative estimate of drug-likeness (QED) is 0.543. The lowest BCUT2D eigenvalue weighted by Crippen LogP contribution is -2.00. The molecule has 0 radical (unpaired) electrons. The van der Waals surface area contributed by atoms with Crippen molar-refractivity contribution in [2.45, 2.75) is 13.2 Å². The van der Waals surface area contributed by atoms with E-state index in [9.17, 15) is 4.39 Å². The van der Waals surface area contributed by atoms with Gasteiger partial charge in [-0.1, -0.05) is 41.4 Å². The molecule has 1 N–H and O–H groups in total. The molecule has 0 saturated heterocycles. The van der Waals surface area contributed by atoms with Crippen molar-refractivity contribution in [1.82, 2.24) is 0 Å². The summed E-state index contributed by atoms with van der Waals surface area (Å²) in [5, 5.41) is 4.42. The van der Waals surface area contributed by atoms with Gasteiger partial charge >= 0.3 is 0 Å². The Hall–Kier alpha value is -2.23. The highest BCUT2D eigenvalue weighted by Gasteiger charge is 2.06. The fourth-order valence-electron chi connectivity index (χ4n) is 2.30. The molecule has 0 aromatic heterocycles. The first-order valence-electron chi connectivity index (χ1n) is 7.76. The lowest BCUT2D eigenvalue weighted by atomic mass is 10.2. The SMILES string of the molecule is Fc1ccc(NCc2ccc(OCc3c(Cl)cccc3Cl)cc2)cc1. The Labute approximate surface area is 156 Å². The van der Waals surface area contributed by atoms with Crippen molar-refractivity contribution in [3.8, 4) is 5.75 Å². The maximum Gasteiger partial charge on any atom is 0.123 e. The fourth-order valence-corrected chi connectivity index (χ4v) is 2.81. The summed E-state index contributed by atoms with van der Waals surface area (Å²) < 4.78 is 18.6. The Balaban J connectivity index is 1.56. The van der Waals surface area contributed by atoms with Crippen molar-refractivity contribution in [1.29, 1.82) is 0 Å². The molecule has 3 aromatic rings. The summed E-state index contributed by atoms with van der Waals surface area (Å²) in [6.07, 6.45) is 0. The minimum Gasteiger partial charge on any atom is -0.489 e. The molecule has 0 spiro atoms. The number of benzene rings is 3. The van der Waals surface area contributed by atoms with Crippen LogP contribution in [0.25, 0.3) is 0 Å². The second kappa shape index (κ2) is 8.24. The molecular formula is C20H16Cl2FNO. The number of hydrogen-bond acceptors (Lipinski definition) is 2. The molecule has 0 unspecified atom stereocenters. The van der Waals surface area contributed by atoms with E-state index >= 15 is 0 Å². The Morgan fingerprint density at radius 1 is 0.840 bits per heavy atom. The van der Waals surface area contributed by atoms with Crippen LogP contribution in [0.2, 0.25) is 10.0 Å². The zero-order chi connectivity index (χ0) is 17.6. The molecule has 5 heteroatoms. The van der Waals surface area contributed by atoms with Crippen molar-refractivity contribution in [2.75, 3.05) is 5.32 Å². The van der Waals surface area contributed by atoms with E-state index in [-0.39, 0.29) is 5.82 Å². The van der Waals surface area contributed by atoms with Gasteiger partial charge in [0, 0.05) is 27.8 Å². The van der Waals surface area contributed by atoms with Gasteiger partial charge in [0.2, 0.25) is 0 Å². The van der Waals surface area contributed by atoms with Gasteiger partial charge in [0.05, 0.1) is 0 Å². The highest BCUT2D eigenvalue weighted by molar-refractivity contribution is 6.35. The predicted molar refractivity (Wildman–Crippen MR) is 101 cm³/mol. The molecular weight excluding hydrogens is 360 g/mol. The third kappa shape index (κ3) is 4.88. The minimum absolute atomic E-state index is 0.245. The highest BCUT2D eigenvalue weighted by atomic mass is 35.5. The molecule has 2 nitrogen and oxygen atoms in total. The minimum atomic E-state index is -0.245. The molecule has 3 aromatic carbocycles. The van der Waals surface area contributed by atoms with Crippen molar-refractivity contribution in [3.63, 3.8) is 0 Å². The molecule has 0 aliphatic carbocycles. The third-order valence-electron chi connectivity index (χ3n) is 3.71. The van der Waals surface area contributed by atoms with E-state index in [4.69, 9.17) is 27.9 Å².